The van der Waals surface area contributed by atoms with Gasteiger partial charge < -0.3 is 15.4 Å². The minimum atomic E-state index is -0.743. The highest BCUT2D eigenvalue weighted by molar-refractivity contribution is 6.02. The van der Waals surface area contributed by atoms with Gasteiger partial charge in [0, 0.05) is 5.56 Å². The van der Waals surface area contributed by atoms with Crippen molar-refractivity contribution in [2.45, 2.75) is 33.7 Å². The molecule has 1 atom stereocenters. The molecule has 0 saturated heterocycles. The Kier molecular flexibility index (Phi) is 7.16. The Morgan fingerprint density at radius 1 is 1.18 bits per heavy atom. The number of nitriles is 1. The summed E-state index contributed by atoms with van der Waals surface area (Å²) in [5.74, 6) is -0.332. The highest BCUT2D eigenvalue weighted by atomic mass is 16.5. The zero-order chi connectivity index (χ0) is 20.7. The smallest absolute Gasteiger partial charge is 0.252 e. The summed E-state index contributed by atoms with van der Waals surface area (Å²) in [6.07, 6.45) is 0. The molecule has 6 heteroatoms. The fraction of sp³-hybridized carbons (Fsp3) is 0.318. The van der Waals surface area contributed by atoms with Crippen LogP contribution in [0.5, 0.6) is 5.75 Å². The second-order valence-corrected chi connectivity index (χ2v) is 6.76. The van der Waals surface area contributed by atoms with Gasteiger partial charge in [0.05, 0.1) is 23.9 Å². The fourth-order valence-corrected chi connectivity index (χ4v) is 2.77. The van der Waals surface area contributed by atoms with E-state index in [0.717, 1.165) is 5.56 Å². The van der Waals surface area contributed by atoms with E-state index in [1.54, 1.807) is 30.3 Å². The summed E-state index contributed by atoms with van der Waals surface area (Å²) in [6.45, 7) is 7.83. The van der Waals surface area contributed by atoms with Gasteiger partial charge >= 0.3 is 0 Å². The molecule has 0 fully saturated rings. The third-order valence-corrected chi connectivity index (χ3v) is 4.29. The van der Waals surface area contributed by atoms with Gasteiger partial charge in [0.25, 0.3) is 5.91 Å². The first-order chi connectivity index (χ1) is 13.4. The van der Waals surface area contributed by atoms with E-state index in [4.69, 9.17) is 10.00 Å². The summed E-state index contributed by atoms with van der Waals surface area (Å²) in [7, 11) is 0. The van der Waals surface area contributed by atoms with Crippen LogP contribution in [0.25, 0.3) is 0 Å². The largest absolute Gasteiger partial charge is 0.492 e. The summed E-state index contributed by atoms with van der Waals surface area (Å²) in [5, 5.41) is 14.7. The molecule has 2 aromatic carbocycles. The number of benzene rings is 2. The lowest BCUT2D eigenvalue weighted by Crippen LogP contribution is -2.47. The molecule has 0 aromatic heterocycles. The lowest BCUT2D eigenvalue weighted by Gasteiger charge is -2.23. The highest BCUT2D eigenvalue weighted by Gasteiger charge is 2.26. The topological polar surface area (TPSA) is 91.2 Å². The molecule has 0 heterocycles. The van der Waals surface area contributed by atoms with Gasteiger partial charge in [0.15, 0.2) is 0 Å². The van der Waals surface area contributed by atoms with Crippen LogP contribution in [0, 0.1) is 24.2 Å². The van der Waals surface area contributed by atoms with Crippen molar-refractivity contribution in [1.82, 2.24) is 5.32 Å². The molecule has 2 rings (SSSR count). The van der Waals surface area contributed by atoms with Crippen LogP contribution in [0.15, 0.2) is 42.5 Å². The van der Waals surface area contributed by atoms with Gasteiger partial charge in [0.2, 0.25) is 5.91 Å². The molecule has 0 saturated carbocycles. The zero-order valence-corrected chi connectivity index (χ0v) is 16.6. The minimum Gasteiger partial charge on any atom is -0.492 e. The quantitative estimate of drug-likeness (QED) is 0.768. The maximum Gasteiger partial charge on any atom is 0.252 e. The molecule has 0 aliphatic rings. The molecule has 28 heavy (non-hydrogen) atoms. The molecule has 2 N–H and O–H groups in total. The van der Waals surface area contributed by atoms with Crippen LogP contribution in [-0.2, 0) is 4.79 Å². The monoisotopic (exact) mass is 379 g/mol. The van der Waals surface area contributed by atoms with Crippen molar-refractivity contribution in [3.63, 3.8) is 0 Å². The average Bonchev–Trinajstić information content (AvgIpc) is 2.67. The Bertz CT molecular complexity index is 900. The second-order valence-electron chi connectivity index (χ2n) is 6.76. The van der Waals surface area contributed by atoms with Gasteiger partial charge in [-0.3, -0.25) is 9.59 Å². The summed E-state index contributed by atoms with van der Waals surface area (Å²) < 4.78 is 5.53. The van der Waals surface area contributed by atoms with Gasteiger partial charge in [-0.2, -0.15) is 5.26 Å². The minimum absolute atomic E-state index is 0.136. The molecule has 146 valence electrons. The lowest BCUT2D eigenvalue weighted by atomic mass is 10.0. The maximum absolute atomic E-state index is 12.9. The van der Waals surface area contributed by atoms with Gasteiger partial charge in [-0.05, 0) is 49.6 Å². The van der Waals surface area contributed by atoms with Crippen molar-refractivity contribution >= 4 is 17.5 Å². The summed E-state index contributed by atoms with van der Waals surface area (Å²) >= 11 is 0. The second kappa shape index (κ2) is 9.56. The third kappa shape index (κ3) is 5.10. The Morgan fingerprint density at radius 2 is 1.89 bits per heavy atom. The molecule has 2 aromatic rings. The number of hydrogen-bond donors (Lipinski definition) is 2. The number of anilines is 1. The van der Waals surface area contributed by atoms with Crippen molar-refractivity contribution in [2.24, 2.45) is 5.92 Å². The summed E-state index contributed by atoms with van der Waals surface area (Å²) in [4.78, 5) is 25.5. The van der Waals surface area contributed by atoms with Crippen molar-refractivity contribution in [2.75, 3.05) is 11.9 Å². The zero-order valence-electron chi connectivity index (χ0n) is 16.6. The number of nitrogens with zero attached hydrogens (tertiary/aromatic N) is 1. The molecule has 0 bridgehead atoms. The Balaban J connectivity index is 2.23. The van der Waals surface area contributed by atoms with Crippen molar-refractivity contribution in [1.29, 1.82) is 5.26 Å². The first-order valence-corrected chi connectivity index (χ1v) is 9.21. The number of carbonyl (C=O) groups excluding carboxylic acids is 2. The van der Waals surface area contributed by atoms with E-state index in [1.807, 2.05) is 45.9 Å². The number of ether oxygens (including phenoxy) is 1. The number of nitrogens with one attached hydrogen (secondary N) is 2. The van der Waals surface area contributed by atoms with Crippen LogP contribution in [0.3, 0.4) is 0 Å². The van der Waals surface area contributed by atoms with Crippen LogP contribution in [0.4, 0.5) is 5.69 Å². The average molecular weight is 379 g/mol. The molecule has 1 unspecified atom stereocenters. The van der Waals surface area contributed by atoms with E-state index in [-0.39, 0.29) is 17.7 Å². The van der Waals surface area contributed by atoms with Gasteiger partial charge in [-0.25, -0.2) is 0 Å². The van der Waals surface area contributed by atoms with Gasteiger partial charge in [-0.15, -0.1) is 0 Å². The van der Waals surface area contributed by atoms with Crippen LogP contribution in [0.1, 0.15) is 42.3 Å². The highest BCUT2D eigenvalue weighted by Crippen LogP contribution is 2.26. The Labute approximate surface area is 165 Å². The Hall–Kier alpha value is -3.33. The van der Waals surface area contributed by atoms with E-state index < -0.39 is 6.04 Å². The molecule has 0 radical (unpaired) electrons. The standard InChI is InChI=1S/C22H25N3O3/c1-5-28-19-11-10-16(13-23)12-18(19)24-22(27)20(14(2)3)25-21(26)17-9-7-6-8-15(17)4/h6-12,14,20H,5H2,1-4H3,(H,24,27)(H,25,26). The van der Waals surface area contributed by atoms with E-state index in [2.05, 4.69) is 10.6 Å². The molecular formula is C22H25N3O3. The molecular weight excluding hydrogens is 354 g/mol. The normalized spacial score (nSPS) is 11.4. The molecule has 6 nitrogen and oxygen atoms in total. The van der Waals surface area contributed by atoms with E-state index in [1.165, 1.54) is 0 Å². The Morgan fingerprint density at radius 3 is 2.50 bits per heavy atom. The fourth-order valence-electron chi connectivity index (χ4n) is 2.77. The first kappa shape index (κ1) is 21.0. The van der Waals surface area contributed by atoms with E-state index in [0.29, 0.717) is 29.2 Å². The van der Waals surface area contributed by atoms with Crippen LogP contribution in [0.2, 0.25) is 0 Å². The van der Waals surface area contributed by atoms with Crippen molar-refractivity contribution < 1.29 is 14.3 Å². The SMILES string of the molecule is CCOc1ccc(C#N)cc1NC(=O)C(NC(=O)c1ccccc1C)C(C)C. The number of rotatable bonds is 7. The number of amides is 2. The number of hydrogen-bond acceptors (Lipinski definition) is 4. The van der Waals surface area contributed by atoms with Crippen LogP contribution < -0.4 is 15.4 Å². The molecule has 0 aliphatic carbocycles. The van der Waals surface area contributed by atoms with Gasteiger partial charge in [-0.1, -0.05) is 32.0 Å². The first-order valence-electron chi connectivity index (χ1n) is 9.21. The summed E-state index contributed by atoms with van der Waals surface area (Å²) in [5.41, 5.74) is 2.18. The van der Waals surface area contributed by atoms with E-state index >= 15 is 0 Å². The van der Waals surface area contributed by atoms with Gasteiger partial charge in [0.1, 0.15) is 11.8 Å². The molecule has 2 amide bonds. The predicted molar refractivity (Wildman–Crippen MR) is 108 cm³/mol. The molecule has 0 aliphatic heterocycles. The number of carbonyl (C=O) groups is 2. The van der Waals surface area contributed by atoms with Crippen LogP contribution in [-0.4, -0.2) is 24.5 Å². The van der Waals surface area contributed by atoms with E-state index in [9.17, 15) is 9.59 Å². The number of aryl methyl sites for hydroxylation is 1. The molecule has 0 spiro atoms. The maximum atomic E-state index is 12.9. The van der Waals surface area contributed by atoms with Crippen molar-refractivity contribution in [3.8, 4) is 11.8 Å². The summed E-state index contributed by atoms with van der Waals surface area (Å²) in [6, 6.07) is 13.4. The lowest BCUT2D eigenvalue weighted by molar-refractivity contribution is -0.118. The third-order valence-electron chi connectivity index (χ3n) is 4.29. The van der Waals surface area contributed by atoms with Crippen LogP contribution >= 0.6 is 0 Å². The predicted octanol–water partition coefficient (Wildman–Crippen LogP) is 3.66. The van der Waals surface area contributed by atoms with Crippen molar-refractivity contribution in [3.05, 3.63) is 59.2 Å².